The maximum absolute atomic E-state index is 12.5. The Bertz CT molecular complexity index is 488. The zero-order valence-corrected chi connectivity index (χ0v) is 14.1. The molecule has 0 spiro atoms. The summed E-state index contributed by atoms with van der Waals surface area (Å²) < 4.78 is 4.89. The fourth-order valence-electron chi connectivity index (χ4n) is 2.09. The molecule has 0 aromatic carbocycles. The van der Waals surface area contributed by atoms with Crippen LogP contribution in [0.15, 0.2) is 5.38 Å². The number of aromatic nitrogens is 1. The number of nitrogens with zero attached hydrogens (tertiary/aromatic N) is 3. The highest BCUT2D eigenvalue weighted by Gasteiger charge is 2.24. The van der Waals surface area contributed by atoms with Crippen LogP contribution >= 0.6 is 11.3 Å². The fourth-order valence-corrected chi connectivity index (χ4v) is 2.77. The average molecular weight is 313 g/mol. The third-order valence-electron chi connectivity index (χ3n) is 2.94. The molecule has 1 amide bonds. The quantitative estimate of drug-likeness (QED) is 0.717. The van der Waals surface area contributed by atoms with E-state index >= 15 is 0 Å². The van der Waals surface area contributed by atoms with E-state index in [0.29, 0.717) is 18.8 Å². The van der Waals surface area contributed by atoms with Gasteiger partial charge in [-0.3, -0.25) is 4.79 Å². The van der Waals surface area contributed by atoms with Gasteiger partial charge in [0.15, 0.2) is 0 Å². The molecule has 0 aliphatic heterocycles. The van der Waals surface area contributed by atoms with Crippen molar-refractivity contribution in [1.29, 1.82) is 0 Å². The van der Waals surface area contributed by atoms with Crippen molar-refractivity contribution in [2.45, 2.75) is 26.8 Å². The van der Waals surface area contributed by atoms with Crippen LogP contribution in [0.5, 0.6) is 0 Å². The molecule has 0 N–H and O–H groups in total. The molecule has 1 heterocycles. The van der Waals surface area contributed by atoms with E-state index in [1.54, 1.807) is 17.2 Å². The largest absolute Gasteiger partial charge is 0.461 e. The topological polar surface area (TPSA) is 62.7 Å². The monoisotopic (exact) mass is 313 g/mol. The summed E-state index contributed by atoms with van der Waals surface area (Å²) in [5.41, 5.74) is 0.301. The summed E-state index contributed by atoms with van der Waals surface area (Å²) in [7, 11) is 3.94. The Morgan fingerprint density at radius 3 is 2.57 bits per heavy atom. The number of thiazole rings is 1. The number of hydrogen-bond acceptors (Lipinski definition) is 6. The summed E-state index contributed by atoms with van der Waals surface area (Å²) >= 11 is 1.14. The smallest absolute Gasteiger partial charge is 0.367 e. The van der Waals surface area contributed by atoms with E-state index in [1.807, 2.05) is 32.8 Å². The van der Waals surface area contributed by atoms with Gasteiger partial charge in [-0.25, -0.2) is 9.78 Å². The van der Waals surface area contributed by atoms with Crippen molar-refractivity contribution in [3.63, 3.8) is 0 Å². The van der Waals surface area contributed by atoms with E-state index in [-0.39, 0.29) is 17.0 Å². The molecule has 1 rings (SSSR count). The SMILES string of the molecule is CCOC(=O)c1nc(C(=O)N(CC)C(C)CN(C)C)cs1. The first-order chi connectivity index (χ1) is 9.90. The molecule has 0 radical (unpaired) electrons. The molecular formula is C14H23N3O3S. The molecule has 0 aliphatic carbocycles. The van der Waals surface area contributed by atoms with Crippen LogP contribution in [-0.2, 0) is 4.74 Å². The first kappa shape index (κ1) is 17.6. The maximum Gasteiger partial charge on any atom is 0.367 e. The molecule has 7 heteroatoms. The second-order valence-electron chi connectivity index (χ2n) is 4.96. The van der Waals surface area contributed by atoms with E-state index in [2.05, 4.69) is 4.98 Å². The van der Waals surface area contributed by atoms with E-state index < -0.39 is 5.97 Å². The molecule has 0 saturated carbocycles. The summed E-state index contributed by atoms with van der Waals surface area (Å²) in [5, 5.41) is 1.83. The van der Waals surface area contributed by atoms with Crippen LogP contribution in [0.2, 0.25) is 0 Å². The summed E-state index contributed by atoms with van der Waals surface area (Å²) in [4.78, 5) is 32.0. The van der Waals surface area contributed by atoms with Gasteiger partial charge in [0.2, 0.25) is 5.01 Å². The second-order valence-corrected chi connectivity index (χ2v) is 5.82. The standard InChI is InChI=1S/C14H23N3O3S/c1-6-17(10(3)8-16(4)5)13(18)11-9-21-12(15-11)14(19)20-7-2/h9-10H,6-8H2,1-5H3. The van der Waals surface area contributed by atoms with E-state index in [0.717, 1.165) is 17.9 Å². The number of esters is 1. The zero-order valence-electron chi connectivity index (χ0n) is 13.3. The lowest BCUT2D eigenvalue weighted by atomic mass is 10.2. The Hall–Kier alpha value is -1.47. The van der Waals surface area contributed by atoms with Crippen LogP contribution in [0.25, 0.3) is 0 Å². The van der Waals surface area contributed by atoms with Gasteiger partial charge in [-0.2, -0.15) is 0 Å². The highest BCUT2D eigenvalue weighted by Crippen LogP contribution is 2.14. The summed E-state index contributed by atoms with van der Waals surface area (Å²) in [5.74, 6) is -0.635. The number of carbonyl (C=O) groups excluding carboxylic acids is 2. The molecule has 21 heavy (non-hydrogen) atoms. The van der Waals surface area contributed by atoms with Crippen molar-refractivity contribution < 1.29 is 14.3 Å². The Balaban J connectivity index is 2.83. The van der Waals surface area contributed by atoms with E-state index in [1.165, 1.54) is 0 Å². The van der Waals surface area contributed by atoms with Gasteiger partial charge < -0.3 is 14.5 Å². The van der Waals surface area contributed by atoms with Crippen LogP contribution in [0.4, 0.5) is 0 Å². The minimum Gasteiger partial charge on any atom is -0.461 e. The lowest BCUT2D eigenvalue weighted by Crippen LogP contribution is -2.43. The molecule has 0 aliphatic rings. The van der Waals surface area contributed by atoms with Gasteiger partial charge in [-0.05, 0) is 34.9 Å². The van der Waals surface area contributed by atoms with E-state index in [4.69, 9.17) is 4.74 Å². The van der Waals surface area contributed by atoms with Crippen LogP contribution in [0.1, 0.15) is 41.1 Å². The van der Waals surface area contributed by atoms with Crippen molar-refractivity contribution >= 4 is 23.2 Å². The predicted molar refractivity (Wildman–Crippen MR) is 82.8 cm³/mol. The van der Waals surface area contributed by atoms with Crippen LogP contribution in [0.3, 0.4) is 0 Å². The number of amides is 1. The molecule has 6 nitrogen and oxygen atoms in total. The number of likely N-dealkylation sites (N-methyl/N-ethyl adjacent to an activating group) is 2. The highest BCUT2D eigenvalue weighted by molar-refractivity contribution is 7.11. The van der Waals surface area contributed by atoms with E-state index in [9.17, 15) is 9.59 Å². The zero-order chi connectivity index (χ0) is 16.0. The molecular weight excluding hydrogens is 290 g/mol. The first-order valence-corrected chi connectivity index (χ1v) is 7.86. The van der Waals surface area contributed by atoms with Gasteiger partial charge in [-0.1, -0.05) is 0 Å². The van der Waals surface area contributed by atoms with Crippen molar-refractivity contribution in [2.75, 3.05) is 33.8 Å². The van der Waals surface area contributed by atoms with Crippen LogP contribution in [0, 0.1) is 0 Å². The molecule has 1 unspecified atom stereocenters. The molecule has 0 saturated heterocycles. The van der Waals surface area contributed by atoms with Crippen molar-refractivity contribution in [1.82, 2.24) is 14.8 Å². The molecule has 0 fully saturated rings. The fraction of sp³-hybridized carbons (Fsp3) is 0.643. The lowest BCUT2D eigenvalue weighted by molar-refractivity contribution is 0.0526. The van der Waals surface area contributed by atoms with Gasteiger partial charge in [0.05, 0.1) is 6.61 Å². The Morgan fingerprint density at radius 1 is 1.38 bits per heavy atom. The maximum atomic E-state index is 12.5. The average Bonchev–Trinajstić information content (AvgIpc) is 2.88. The van der Waals surface area contributed by atoms with Crippen molar-refractivity contribution in [2.24, 2.45) is 0 Å². The molecule has 1 atom stereocenters. The Morgan fingerprint density at radius 2 is 2.05 bits per heavy atom. The number of carbonyl (C=O) groups is 2. The van der Waals surface area contributed by atoms with Crippen molar-refractivity contribution in [3.05, 3.63) is 16.1 Å². The number of ether oxygens (including phenoxy) is 1. The van der Waals surface area contributed by atoms with Crippen LogP contribution in [-0.4, -0.2) is 66.5 Å². The third kappa shape index (κ3) is 4.78. The summed E-state index contributed by atoms with van der Waals surface area (Å²) in [6.07, 6.45) is 0. The molecule has 0 bridgehead atoms. The van der Waals surface area contributed by atoms with Crippen molar-refractivity contribution in [3.8, 4) is 0 Å². The van der Waals surface area contributed by atoms with Crippen LogP contribution < -0.4 is 0 Å². The normalized spacial score (nSPS) is 12.3. The van der Waals surface area contributed by atoms with Gasteiger partial charge in [0.1, 0.15) is 5.69 Å². The molecule has 1 aromatic rings. The molecule has 118 valence electrons. The second kappa shape index (κ2) is 8.09. The van der Waals surface area contributed by atoms with Gasteiger partial charge >= 0.3 is 5.97 Å². The first-order valence-electron chi connectivity index (χ1n) is 6.99. The number of hydrogen-bond donors (Lipinski definition) is 0. The van der Waals surface area contributed by atoms with Gasteiger partial charge in [0, 0.05) is 24.5 Å². The third-order valence-corrected chi connectivity index (χ3v) is 3.76. The Labute approximate surface area is 129 Å². The summed E-state index contributed by atoms with van der Waals surface area (Å²) in [6, 6.07) is 0.0743. The minimum atomic E-state index is -0.481. The lowest BCUT2D eigenvalue weighted by Gasteiger charge is -2.29. The predicted octanol–water partition coefficient (Wildman–Crippen LogP) is 1.73. The van der Waals surface area contributed by atoms with Gasteiger partial charge in [-0.15, -0.1) is 11.3 Å². The Kier molecular flexibility index (Phi) is 6.77. The summed E-state index contributed by atoms with van der Waals surface area (Å²) in [6.45, 7) is 7.33. The number of rotatable bonds is 7. The molecule has 1 aromatic heterocycles. The minimum absolute atomic E-state index is 0.0743. The van der Waals surface area contributed by atoms with Gasteiger partial charge in [0.25, 0.3) is 5.91 Å². The highest BCUT2D eigenvalue weighted by atomic mass is 32.1.